The smallest absolute Gasteiger partial charge is 0.122 e. The molecule has 0 fully saturated rings. The van der Waals surface area contributed by atoms with E-state index in [0.29, 0.717) is 0 Å². The van der Waals surface area contributed by atoms with Crippen molar-refractivity contribution >= 4 is 0 Å². The third-order valence-corrected chi connectivity index (χ3v) is 2.43. The topological polar surface area (TPSA) is 21.3 Å². The third kappa shape index (κ3) is 1.68. The molecule has 0 amide bonds. The molecule has 1 aromatic rings. The molecule has 1 aromatic carbocycles. The molecule has 0 radical (unpaired) electrons. The fraction of sp³-hybridized carbons (Fsp3) is 0.455. The molecule has 2 heteroatoms. The Labute approximate surface area is 78.9 Å². The molecule has 1 aliphatic heterocycles. The van der Waals surface area contributed by atoms with E-state index in [4.69, 9.17) is 4.74 Å². The number of rotatable bonds is 2. The number of benzene rings is 1. The van der Waals surface area contributed by atoms with Crippen LogP contribution >= 0.6 is 0 Å². The lowest BCUT2D eigenvalue weighted by molar-refractivity contribution is 0.287. The van der Waals surface area contributed by atoms with Gasteiger partial charge < -0.3 is 10.1 Å². The number of fused-ring (bicyclic) bond motifs is 1. The van der Waals surface area contributed by atoms with Gasteiger partial charge in [-0.3, -0.25) is 0 Å². The molecule has 2 nitrogen and oxygen atoms in total. The number of nitrogens with one attached hydrogen (secondary N) is 1. The number of hydrogen-bond donors (Lipinski definition) is 1. The molecule has 70 valence electrons. The molecule has 0 aromatic heterocycles. The van der Waals surface area contributed by atoms with E-state index in [-0.39, 0.29) is 0 Å². The Morgan fingerprint density at radius 2 is 2.38 bits per heavy atom. The van der Waals surface area contributed by atoms with E-state index < -0.39 is 0 Å². The number of hydrogen-bond acceptors (Lipinski definition) is 2. The Morgan fingerprint density at radius 3 is 3.23 bits per heavy atom. The van der Waals surface area contributed by atoms with Crippen LogP contribution in [0.15, 0.2) is 18.2 Å². The molecule has 1 N–H and O–H groups in total. The summed E-state index contributed by atoms with van der Waals surface area (Å²) in [7, 11) is 1.98. The van der Waals surface area contributed by atoms with Gasteiger partial charge in [-0.05, 0) is 37.1 Å². The minimum atomic E-state index is 0.871. The van der Waals surface area contributed by atoms with Crippen LogP contribution in [0, 0.1) is 0 Å². The first kappa shape index (κ1) is 8.57. The van der Waals surface area contributed by atoms with E-state index in [2.05, 4.69) is 23.5 Å². The van der Waals surface area contributed by atoms with Crippen molar-refractivity contribution in [1.82, 2.24) is 5.32 Å². The molecule has 0 saturated heterocycles. The van der Waals surface area contributed by atoms with Crippen LogP contribution in [0.25, 0.3) is 0 Å². The van der Waals surface area contributed by atoms with Gasteiger partial charge in [-0.1, -0.05) is 12.1 Å². The molecule has 13 heavy (non-hydrogen) atoms. The Kier molecular flexibility index (Phi) is 2.50. The summed E-state index contributed by atoms with van der Waals surface area (Å²) in [6.45, 7) is 1.81. The molecule has 0 saturated carbocycles. The highest BCUT2D eigenvalue weighted by molar-refractivity contribution is 5.41. The lowest BCUT2D eigenvalue weighted by Crippen LogP contribution is -2.13. The average Bonchev–Trinajstić information content (AvgIpc) is 2.19. The second kappa shape index (κ2) is 3.79. The third-order valence-electron chi connectivity index (χ3n) is 2.43. The van der Waals surface area contributed by atoms with Gasteiger partial charge in [0, 0.05) is 6.54 Å². The SMILES string of the molecule is CNCc1cccc2c1CCCO2. The number of ether oxygens (including phenoxy) is 1. The standard InChI is InChI=1S/C11H15NO/c1-12-8-9-4-2-6-11-10(9)5-3-7-13-11/h2,4,6,12H,3,5,7-8H2,1H3. The lowest BCUT2D eigenvalue weighted by atomic mass is 10.00. The molecule has 1 aliphatic rings. The van der Waals surface area contributed by atoms with E-state index in [9.17, 15) is 0 Å². The van der Waals surface area contributed by atoms with Crippen molar-refractivity contribution in [2.45, 2.75) is 19.4 Å². The fourth-order valence-electron chi connectivity index (χ4n) is 1.82. The molecule has 1 heterocycles. The quantitative estimate of drug-likeness (QED) is 0.742. The molecule has 0 aliphatic carbocycles. The van der Waals surface area contributed by atoms with Crippen LogP contribution in [0.4, 0.5) is 0 Å². The van der Waals surface area contributed by atoms with E-state index >= 15 is 0 Å². The van der Waals surface area contributed by atoms with Crippen LogP contribution in [0.5, 0.6) is 5.75 Å². The summed E-state index contributed by atoms with van der Waals surface area (Å²) in [6, 6.07) is 6.30. The van der Waals surface area contributed by atoms with E-state index in [1.165, 1.54) is 11.1 Å². The highest BCUT2D eigenvalue weighted by Crippen LogP contribution is 2.27. The van der Waals surface area contributed by atoms with Gasteiger partial charge in [-0.2, -0.15) is 0 Å². The summed E-state index contributed by atoms with van der Waals surface area (Å²) in [4.78, 5) is 0. The zero-order valence-electron chi connectivity index (χ0n) is 7.97. The zero-order chi connectivity index (χ0) is 9.10. The summed E-state index contributed by atoms with van der Waals surface area (Å²) in [5.74, 6) is 1.08. The van der Waals surface area contributed by atoms with Crippen molar-refractivity contribution in [2.75, 3.05) is 13.7 Å². The van der Waals surface area contributed by atoms with Crippen LogP contribution < -0.4 is 10.1 Å². The summed E-state index contributed by atoms with van der Waals surface area (Å²) in [5, 5.41) is 3.18. The van der Waals surface area contributed by atoms with Gasteiger partial charge in [-0.15, -0.1) is 0 Å². The Bertz CT molecular complexity index is 296. The predicted octanol–water partition coefficient (Wildman–Crippen LogP) is 1.73. The van der Waals surface area contributed by atoms with Gasteiger partial charge >= 0.3 is 0 Å². The summed E-state index contributed by atoms with van der Waals surface area (Å²) >= 11 is 0. The van der Waals surface area contributed by atoms with Gasteiger partial charge in [0.2, 0.25) is 0 Å². The van der Waals surface area contributed by atoms with Crippen molar-refractivity contribution in [3.63, 3.8) is 0 Å². The van der Waals surface area contributed by atoms with E-state index in [1.807, 2.05) is 7.05 Å². The Hall–Kier alpha value is -1.02. The predicted molar refractivity (Wildman–Crippen MR) is 53.0 cm³/mol. The van der Waals surface area contributed by atoms with Crippen molar-refractivity contribution in [3.8, 4) is 5.75 Å². The molecule has 0 spiro atoms. The first-order valence-corrected chi connectivity index (χ1v) is 4.80. The maximum absolute atomic E-state index is 5.58. The van der Waals surface area contributed by atoms with Crippen LogP contribution in [-0.4, -0.2) is 13.7 Å². The van der Waals surface area contributed by atoms with Crippen LogP contribution in [0.2, 0.25) is 0 Å². The largest absolute Gasteiger partial charge is 0.493 e. The monoisotopic (exact) mass is 177 g/mol. The average molecular weight is 177 g/mol. The Balaban J connectivity index is 2.34. The van der Waals surface area contributed by atoms with Crippen molar-refractivity contribution in [3.05, 3.63) is 29.3 Å². The molecule has 0 bridgehead atoms. The van der Waals surface area contributed by atoms with Gasteiger partial charge in [0.1, 0.15) is 5.75 Å². The first-order valence-electron chi connectivity index (χ1n) is 4.80. The minimum Gasteiger partial charge on any atom is -0.493 e. The van der Waals surface area contributed by atoms with Gasteiger partial charge in [0.25, 0.3) is 0 Å². The maximum Gasteiger partial charge on any atom is 0.122 e. The Morgan fingerprint density at radius 1 is 1.46 bits per heavy atom. The maximum atomic E-state index is 5.58. The van der Waals surface area contributed by atoms with E-state index in [1.54, 1.807) is 0 Å². The molecular weight excluding hydrogens is 162 g/mol. The second-order valence-electron chi connectivity index (χ2n) is 3.38. The highest BCUT2D eigenvalue weighted by atomic mass is 16.5. The van der Waals surface area contributed by atoms with Gasteiger partial charge in [0.05, 0.1) is 6.61 Å². The lowest BCUT2D eigenvalue weighted by Gasteiger charge is -2.19. The van der Waals surface area contributed by atoms with Crippen LogP contribution in [-0.2, 0) is 13.0 Å². The summed E-state index contributed by atoms with van der Waals surface area (Å²) < 4.78 is 5.58. The first-order chi connectivity index (χ1) is 6.42. The van der Waals surface area contributed by atoms with Crippen molar-refractivity contribution in [2.24, 2.45) is 0 Å². The summed E-state index contributed by atoms with van der Waals surface area (Å²) in [6.07, 6.45) is 2.31. The molecule has 2 rings (SSSR count). The van der Waals surface area contributed by atoms with Crippen molar-refractivity contribution < 1.29 is 4.74 Å². The van der Waals surface area contributed by atoms with Crippen LogP contribution in [0.3, 0.4) is 0 Å². The molecule has 0 atom stereocenters. The second-order valence-corrected chi connectivity index (χ2v) is 3.38. The zero-order valence-corrected chi connectivity index (χ0v) is 7.97. The molecular formula is C11H15NO. The normalized spacial score (nSPS) is 14.8. The van der Waals surface area contributed by atoms with Gasteiger partial charge in [-0.25, -0.2) is 0 Å². The summed E-state index contributed by atoms with van der Waals surface area (Å²) in [5.41, 5.74) is 2.77. The highest BCUT2D eigenvalue weighted by Gasteiger charge is 2.12. The van der Waals surface area contributed by atoms with E-state index in [0.717, 1.165) is 31.7 Å². The fourth-order valence-corrected chi connectivity index (χ4v) is 1.82. The van der Waals surface area contributed by atoms with Crippen LogP contribution in [0.1, 0.15) is 17.5 Å². The van der Waals surface area contributed by atoms with Gasteiger partial charge in [0.15, 0.2) is 0 Å². The minimum absolute atomic E-state index is 0.871. The van der Waals surface area contributed by atoms with Crippen molar-refractivity contribution in [1.29, 1.82) is 0 Å². The molecule has 0 unspecified atom stereocenters.